The molecule has 1 aromatic rings. The molecule has 2 heterocycles. The molecule has 0 bridgehead atoms. The molecule has 2 unspecified atom stereocenters. The lowest BCUT2D eigenvalue weighted by Crippen LogP contribution is -2.48. The molecule has 31 heavy (non-hydrogen) atoms. The van der Waals surface area contributed by atoms with Crippen LogP contribution >= 0.6 is 23.2 Å². The first kappa shape index (κ1) is 25.2. The lowest BCUT2D eigenvalue weighted by Gasteiger charge is -2.38. The van der Waals surface area contributed by atoms with Crippen molar-refractivity contribution in [2.24, 2.45) is 5.92 Å². The van der Waals surface area contributed by atoms with E-state index in [2.05, 4.69) is 4.72 Å². The number of hydrogen-bond acceptors (Lipinski definition) is 4. The van der Waals surface area contributed by atoms with E-state index in [4.69, 9.17) is 23.2 Å². The number of aromatic hydroxyl groups is 1. The number of phenolic OH excluding ortho intramolecular Hbond substituents is 1. The highest BCUT2D eigenvalue weighted by Crippen LogP contribution is 2.40. The van der Waals surface area contributed by atoms with E-state index in [1.807, 2.05) is 20.8 Å². The summed E-state index contributed by atoms with van der Waals surface area (Å²) in [7, 11) is -4.84. The summed E-state index contributed by atoms with van der Waals surface area (Å²) in [5, 5.41) is 11.1. The van der Waals surface area contributed by atoms with Crippen LogP contribution in [0, 0.1) is 5.92 Å². The number of piperidine rings is 1. The first-order valence-electron chi connectivity index (χ1n) is 10.5. The maximum absolute atomic E-state index is 12.9. The lowest BCUT2D eigenvalue weighted by molar-refractivity contribution is 0.226. The minimum atomic E-state index is -3.44. The van der Waals surface area contributed by atoms with E-state index < -0.39 is 32.0 Å². The predicted molar refractivity (Wildman–Crippen MR) is 126 cm³/mol. The van der Waals surface area contributed by atoms with Crippen molar-refractivity contribution >= 4 is 44.4 Å². The van der Waals surface area contributed by atoms with Crippen LogP contribution in [0.4, 0.5) is 0 Å². The molecular formula is C20H31Cl2N3O4S2. The second kappa shape index (κ2) is 9.83. The highest BCUT2D eigenvalue weighted by atomic mass is 35.5. The number of nitrogens with one attached hydrogen (secondary N) is 1. The minimum Gasteiger partial charge on any atom is -0.508 e. The number of phenols is 1. The average Bonchev–Trinajstić information content (AvgIpc) is 3.24. The van der Waals surface area contributed by atoms with E-state index >= 15 is 0 Å². The first-order chi connectivity index (χ1) is 14.4. The summed E-state index contributed by atoms with van der Waals surface area (Å²) in [6, 6.07) is 2.54. The third-order valence-corrected chi connectivity index (χ3v) is 10.2. The Bertz CT molecular complexity index is 923. The van der Waals surface area contributed by atoms with Crippen molar-refractivity contribution in [1.82, 2.24) is 13.3 Å². The van der Waals surface area contributed by atoms with Gasteiger partial charge in [-0.2, -0.15) is 17.0 Å². The monoisotopic (exact) mass is 511 g/mol. The molecule has 11 heteroatoms. The summed E-state index contributed by atoms with van der Waals surface area (Å²) >= 11 is 12.2. The Morgan fingerprint density at radius 3 is 2.13 bits per heavy atom. The number of halogens is 2. The summed E-state index contributed by atoms with van der Waals surface area (Å²) in [6.07, 6.45) is 2.95. The van der Waals surface area contributed by atoms with Crippen LogP contribution in [-0.4, -0.2) is 57.3 Å². The van der Waals surface area contributed by atoms with E-state index in [9.17, 15) is 17.7 Å². The van der Waals surface area contributed by atoms with Gasteiger partial charge in [-0.05, 0) is 58.4 Å². The number of hydrogen-bond donors (Lipinski definition) is 2. The highest BCUT2D eigenvalue weighted by Gasteiger charge is 2.38. The van der Waals surface area contributed by atoms with Gasteiger partial charge in [0.1, 0.15) is 5.75 Å². The van der Waals surface area contributed by atoms with Gasteiger partial charge in [-0.1, -0.05) is 23.2 Å². The summed E-state index contributed by atoms with van der Waals surface area (Å²) < 4.78 is 44.5. The predicted octanol–water partition coefficient (Wildman–Crippen LogP) is 3.84. The molecule has 0 spiro atoms. The molecule has 0 aliphatic carbocycles. The van der Waals surface area contributed by atoms with Gasteiger partial charge in [0.05, 0.1) is 31.8 Å². The lowest BCUT2D eigenvalue weighted by atomic mass is 9.86. The molecule has 176 valence electrons. The van der Waals surface area contributed by atoms with Crippen LogP contribution < -0.4 is 4.72 Å². The van der Waals surface area contributed by atoms with Crippen molar-refractivity contribution in [1.29, 1.82) is 0 Å². The van der Waals surface area contributed by atoms with Crippen LogP contribution in [0.1, 0.15) is 58.1 Å². The van der Waals surface area contributed by atoms with E-state index in [1.165, 1.54) is 6.07 Å². The SMILES string of the molecule is CC(C)(C)S(=O)NC(c1cc(Cl)c(Cl)cc1O)C1CCN(S(=O)(=O)N2CCCC2)CC1. The van der Waals surface area contributed by atoms with Crippen molar-refractivity contribution in [3.8, 4) is 5.75 Å². The summed E-state index contributed by atoms with van der Waals surface area (Å²) in [5.41, 5.74) is 0.521. The van der Waals surface area contributed by atoms with Gasteiger partial charge in [0.15, 0.2) is 0 Å². The zero-order chi connectivity index (χ0) is 23.0. The van der Waals surface area contributed by atoms with Crippen LogP contribution in [0.5, 0.6) is 5.75 Å². The second-order valence-corrected chi connectivity index (χ2v) is 13.9. The Morgan fingerprint density at radius 2 is 1.58 bits per heavy atom. The van der Waals surface area contributed by atoms with Crippen molar-refractivity contribution in [3.05, 3.63) is 27.7 Å². The van der Waals surface area contributed by atoms with Crippen molar-refractivity contribution < 1.29 is 17.7 Å². The van der Waals surface area contributed by atoms with E-state index in [-0.39, 0.29) is 16.7 Å². The van der Waals surface area contributed by atoms with Crippen LogP contribution in [0.15, 0.2) is 12.1 Å². The van der Waals surface area contributed by atoms with E-state index in [0.29, 0.717) is 49.6 Å². The smallest absolute Gasteiger partial charge is 0.281 e. The Labute approximate surface area is 197 Å². The van der Waals surface area contributed by atoms with E-state index in [0.717, 1.165) is 12.8 Å². The van der Waals surface area contributed by atoms with Crippen LogP contribution in [0.3, 0.4) is 0 Å². The standard InChI is InChI=1S/C20H31Cl2N3O4S2/c1-20(2,3)30(27)23-19(15-12-16(21)17(22)13-18(15)26)14-6-10-25(11-7-14)31(28,29)24-8-4-5-9-24/h12-14,19,23,26H,4-11H2,1-3H3. The second-order valence-electron chi connectivity index (χ2n) is 9.15. The molecule has 2 aliphatic rings. The van der Waals surface area contributed by atoms with Gasteiger partial charge in [0.25, 0.3) is 10.2 Å². The fraction of sp³-hybridized carbons (Fsp3) is 0.700. The Hall–Kier alpha value is -0.420. The van der Waals surface area contributed by atoms with Crippen LogP contribution in [-0.2, 0) is 21.2 Å². The molecule has 0 radical (unpaired) electrons. The maximum Gasteiger partial charge on any atom is 0.281 e. The van der Waals surface area contributed by atoms with Gasteiger partial charge in [0.2, 0.25) is 0 Å². The fourth-order valence-corrected chi connectivity index (χ4v) is 6.98. The molecule has 0 saturated carbocycles. The van der Waals surface area contributed by atoms with Gasteiger partial charge >= 0.3 is 0 Å². The molecule has 2 atom stereocenters. The molecule has 2 aliphatic heterocycles. The van der Waals surface area contributed by atoms with Crippen molar-refractivity contribution in [3.63, 3.8) is 0 Å². The summed E-state index contributed by atoms with van der Waals surface area (Å²) in [5.74, 6) is -0.0515. The van der Waals surface area contributed by atoms with Gasteiger partial charge in [-0.15, -0.1) is 0 Å². The third-order valence-electron chi connectivity index (χ3n) is 5.88. The van der Waals surface area contributed by atoms with Gasteiger partial charge in [-0.3, -0.25) is 0 Å². The van der Waals surface area contributed by atoms with Gasteiger partial charge < -0.3 is 5.11 Å². The molecule has 1 aromatic carbocycles. The quantitative estimate of drug-likeness (QED) is 0.606. The fourth-order valence-electron chi connectivity index (χ4n) is 4.03. The van der Waals surface area contributed by atoms with Gasteiger partial charge in [-0.25, -0.2) is 8.93 Å². The summed E-state index contributed by atoms with van der Waals surface area (Å²) in [6.45, 7) is 7.52. The highest BCUT2D eigenvalue weighted by molar-refractivity contribution is 7.86. The van der Waals surface area contributed by atoms with E-state index in [1.54, 1.807) is 14.7 Å². The summed E-state index contributed by atoms with van der Waals surface area (Å²) in [4.78, 5) is 0. The normalized spacial score (nSPS) is 22.0. The van der Waals surface area contributed by atoms with Crippen molar-refractivity contribution in [2.75, 3.05) is 26.2 Å². The van der Waals surface area contributed by atoms with Crippen LogP contribution in [0.2, 0.25) is 10.0 Å². The van der Waals surface area contributed by atoms with Gasteiger partial charge in [0, 0.05) is 37.8 Å². The number of rotatable bonds is 6. The molecule has 3 rings (SSSR count). The number of nitrogens with zero attached hydrogens (tertiary/aromatic N) is 2. The maximum atomic E-state index is 12.9. The molecule has 2 saturated heterocycles. The molecule has 2 fully saturated rings. The third kappa shape index (κ3) is 5.75. The Kier molecular flexibility index (Phi) is 7.99. The zero-order valence-electron chi connectivity index (χ0n) is 18.1. The largest absolute Gasteiger partial charge is 0.508 e. The molecular weight excluding hydrogens is 481 g/mol. The van der Waals surface area contributed by atoms with Crippen LogP contribution in [0.25, 0.3) is 0 Å². The van der Waals surface area contributed by atoms with Crippen molar-refractivity contribution in [2.45, 2.75) is 57.2 Å². The Balaban J connectivity index is 1.82. The Morgan fingerprint density at radius 1 is 1.06 bits per heavy atom. The molecule has 0 aromatic heterocycles. The zero-order valence-corrected chi connectivity index (χ0v) is 21.2. The molecule has 2 N–H and O–H groups in total. The molecule has 0 amide bonds. The topological polar surface area (TPSA) is 90.0 Å². The molecule has 7 nitrogen and oxygen atoms in total. The average molecular weight is 513 g/mol. The number of benzene rings is 1. The minimum absolute atomic E-state index is 0.0232. The first-order valence-corrected chi connectivity index (χ1v) is 13.8.